The molecule has 0 spiro atoms. The molecule has 0 heterocycles. The van der Waals surface area contributed by atoms with Crippen molar-refractivity contribution in [1.29, 1.82) is 0 Å². The maximum absolute atomic E-state index is 13.4. The second-order valence-electron chi connectivity index (χ2n) is 3.67. The molecular weight excluding hydrogens is 324 g/mol. The molecule has 0 saturated carbocycles. The van der Waals surface area contributed by atoms with Crippen LogP contribution in [0.4, 0.5) is 14.5 Å². The predicted molar refractivity (Wildman–Crippen MR) is 72.8 cm³/mol. The molecule has 2 aromatic carbocycles. The molecule has 2 rings (SSSR count). The largest absolute Gasteiger partial charge is 0.380 e. The van der Waals surface area contributed by atoms with Gasteiger partial charge in [0.25, 0.3) is 0 Å². The zero-order chi connectivity index (χ0) is 13.1. The van der Waals surface area contributed by atoms with E-state index in [0.29, 0.717) is 9.50 Å². The Morgan fingerprint density at radius 1 is 1.11 bits per heavy atom. The maximum Gasteiger partial charge on any atom is 0.163 e. The molecule has 0 amide bonds. The lowest BCUT2D eigenvalue weighted by Crippen LogP contribution is -2.03. The highest BCUT2D eigenvalue weighted by Crippen LogP contribution is 2.30. The van der Waals surface area contributed by atoms with Crippen molar-refractivity contribution < 1.29 is 8.78 Å². The van der Waals surface area contributed by atoms with E-state index in [2.05, 4.69) is 21.2 Å². The molecule has 0 atom stereocenters. The summed E-state index contributed by atoms with van der Waals surface area (Å²) in [5.41, 5.74) is 0.994. The quantitative estimate of drug-likeness (QED) is 0.834. The van der Waals surface area contributed by atoms with Crippen molar-refractivity contribution in [3.8, 4) is 0 Å². The molecule has 0 aliphatic rings. The van der Waals surface area contributed by atoms with Gasteiger partial charge in [-0.1, -0.05) is 29.8 Å². The third kappa shape index (κ3) is 2.82. The van der Waals surface area contributed by atoms with E-state index in [-0.39, 0.29) is 12.1 Å². The maximum atomic E-state index is 13.4. The number of halogens is 4. The molecule has 0 bridgehead atoms. The van der Waals surface area contributed by atoms with Gasteiger partial charge in [0, 0.05) is 12.1 Å². The molecule has 1 nitrogen and oxygen atoms in total. The van der Waals surface area contributed by atoms with E-state index in [9.17, 15) is 8.78 Å². The Kier molecular flexibility index (Phi) is 4.19. The normalized spacial score (nSPS) is 10.4. The summed E-state index contributed by atoms with van der Waals surface area (Å²) in [6.45, 7) is 0.183. The molecule has 0 radical (unpaired) electrons. The van der Waals surface area contributed by atoms with Crippen molar-refractivity contribution in [3.63, 3.8) is 0 Å². The summed E-state index contributed by atoms with van der Waals surface area (Å²) in [5, 5.41) is 3.56. The average molecular weight is 333 g/mol. The minimum absolute atomic E-state index is 0.183. The molecule has 0 aliphatic carbocycles. The van der Waals surface area contributed by atoms with Gasteiger partial charge in [-0.2, -0.15) is 0 Å². The zero-order valence-electron chi connectivity index (χ0n) is 9.18. The van der Waals surface area contributed by atoms with Crippen LogP contribution in [0.3, 0.4) is 0 Å². The number of nitrogens with one attached hydrogen (secondary N) is 1. The molecule has 18 heavy (non-hydrogen) atoms. The lowest BCUT2D eigenvalue weighted by Gasteiger charge is -2.10. The molecule has 1 N–H and O–H groups in total. The van der Waals surface area contributed by atoms with Crippen LogP contribution in [0.2, 0.25) is 5.02 Å². The van der Waals surface area contributed by atoms with Crippen molar-refractivity contribution in [3.05, 3.63) is 63.1 Å². The van der Waals surface area contributed by atoms with Crippen LogP contribution < -0.4 is 5.32 Å². The highest BCUT2D eigenvalue weighted by atomic mass is 79.9. The Morgan fingerprint density at radius 3 is 2.61 bits per heavy atom. The molecule has 0 aliphatic heterocycles. The topological polar surface area (TPSA) is 12.0 Å². The molecule has 0 fully saturated rings. The Bertz CT molecular complexity index is 523. The number of anilines is 1. The summed E-state index contributed by atoms with van der Waals surface area (Å²) in [4.78, 5) is 0. The first-order valence-corrected chi connectivity index (χ1v) is 6.37. The molecule has 0 aromatic heterocycles. The van der Waals surface area contributed by atoms with Gasteiger partial charge in [-0.05, 0) is 34.1 Å². The van der Waals surface area contributed by atoms with Gasteiger partial charge in [0.1, 0.15) is 0 Å². The van der Waals surface area contributed by atoms with Crippen molar-refractivity contribution in [1.82, 2.24) is 0 Å². The fraction of sp³-hybridized carbons (Fsp3) is 0.0769. The third-order valence-corrected chi connectivity index (χ3v) is 3.85. The van der Waals surface area contributed by atoms with Crippen LogP contribution in [0, 0.1) is 11.6 Å². The van der Waals surface area contributed by atoms with Gasteiger partial charge in [-0.3, -0.25) is 0 Å². The molecule has 5 heteroatoms. The fourth-order valence-electron chi connectivity index (χ4n) is 1.52. The number of hydrogen-bond donors (Lipinski definition) is 1. The molecule has 2 aromatic rings. The first-order valence-electron chi connectivity index (χ1n) is 5.20. The fourth-order valence-corrected chi connectivity index (χ4v) is 2.09. The first kappa shape index (κ1) is 13.3. The van der Waals surface area contributed by atoms with E-state index in [4.69, 9.17) is 11.6 Å². The average Bonchev–Trinajstić information content (AvgIpc) is 2.36. The van der Waals surface area contributed by atoms with Crippen LogP contribution in [0.5, 0.6) is 0 Å². The summed E-state index contributed by atoms with van der Waals surface area (Å²) in [7, 11) is 0. The standard InChI is InChI=1S/C13H9BrClF2N/c14-12-9(15)4-2-6-11(12)18-7-8-3-1-5-10(16)13(8)17/h1-6,18H,7H2. The highest BCUT2D eigenvalue weighted by molar-refractivity contribution is 9.10. The van der Waals surface area contributed by atoms with Gasteiger partial charge in [-0.15, -0.1) is 0 Å². The second-order valence-corrected chi connectivity index (χ2v) is 4.87. The van der Waals surface area contributed by atoms with E-state index >= 15 is 0 Å². The first-order chi connectivity index (χ1) is 8.59. The molecule has 0 saturated heterocycles. The van der Waals surface area contributed by atoms with Gasteiger partial charge in [0.2, 0.25) is 0 Å². The van der Waals surface area contributed by atoms with Gasteiger partial charge in [0.05, 0.1) is 15.2 Å². The van der Waals surface area contributed by atoms with Crippen LogP contribution in [-0.2, 0) is 6.54 Å². The van der Waals surface area contributed by atoms with Gasteiger partial charge in [-0.25, -0.2) is 8.78 Å². The number of benzene rings is 2. The Hall–Kier alpha value is -1.13. The Balaban J connectivity index is 2.17. The van der Waals surface area contributed by atoms with E-state index in [1.807, 2.05) is 0 Å². The lowest BCUT2D eigenvalue weighted by atomic mass is 10.2. The minimum atomic E-state index is -0.848. The van der Waals surface area contributed by atoms with E-state index in [1.54, 1.807) is 18.2 Å². The van der Waals surface area contributed by atoms with Crippen LogP contribution in [0.15, 0.2) is 40.9 Å². The summed E-state index contributed by atoms with van der Waals surface area (Å²) in [6.07, 6.45) is 0. The summed E-state index contributed by atoms with van der Waals surface area (Å²) in [6, 6.07) is 9.41. The summed E-state index contributed by atoms with van der Waals surface area (Å²) >= 11 is 9.26. The summed E-state index contributed by atoms with van der Waals surface area (Å²) < 4.78 is 27.1. The van der Waals surface area contributed by atoms with Crippen molar-refractivity contribution >= 4 is 33.2 Å². The van der Waals surface area contributed by atoms with E-state index < -0.39 is 11.6 Å². The van der Waals surface area contributed by atoms with Crippen LogP contribution >= 0.6 is 27.5 Å². The molecule has 0 unspecified atom stereocenters. The Morgan fingerprint density at radius 2 is 1.83 bits per heavy atom. The number of rotatable bonds is 3. The zero-order valence-corrected chi connectivity index (χ0v) is 11.5. The lowest BCUT2D eigenvalue weighted by molar-refractivity contribution is 0.500. The van der Waals surface area contributed by atoms with E-state index in [1.165, 1.54) is 12.1 Å². The second kappa shape index (κ2) is 5.67. The highest BCUT2D eigenvalue weighted by Gasteiger charge is 2.08. The van der Waals surface area contributed by atoms with E-state index in [0.717, 1.165) is 11.8 Å². The predicted octanol–water partition coefficient (Wildman–Crippen LogP) is 4.99. The van der Waals surface area contributed by atoms with Crippen LogP contribution in [0.1, 0.15) is 5.56 Å². The van der Waals surface area contributed by atoms with Crippen molar-refractivity contribution in [2.24, 2.45) is 0 Å². The summed E-state index contributed by atoms with van der Waals surface area (Å²) in [5.74, 6) is -1.68. The Labute approximate surface area is 117 Å². The monoisotopic (exact) mass is 331 g/mol. The third-order valence-electron chi connectivity index (χ3n) is 2.45. The van der Waals surface area contributed by atoms with Crippen LogP contribution in [-0.4, -0.2) is 0 Å². The van der Waals surface area contributed by atoms with Crippen molar-refractivity contribution in [2.75, 3.05) is 5.32 Å². The van der Waals surface area contributed by atoms with Gasteiger partial charge < -0.3 is 5.32 Å². The van der Waals surface area contributed by atoms with Crippen LogP contribution in [0.25, 0.3) is 0 Å². The number of hydrogen-bond acceptors (Lipinski definition) is 1. The van der Waals surface area contributed by atoms with Gasteiger partial charge in [0.15, 0.2) is 11.6 Å². The molecule has 94 valence electrons. The van der Waals surface area contributed by atoms with Crippen molar-refractivity contribution in [2.45, 2.75) is 6.54 Å². The SMILES string of the molecule is Fc1cccc(CNc2cccc(Cl)c2Br)c1F. The van der Waals surface area contributed by atoms with Gasteiger partial charge >= 0.3 is 0 Å². The minimum Gasteiger partial charge on any atom is -0.380 e. The smallest absolute Gasteiger partial charge is 0.163 e. The molecular formula is C13H9BrClF2N.